The van der Waals surface area contributed by atoms with Crippen molar-refractivity contribution in [2.45, 2.75) is 0 Å². The Labute approximate surface area is 190 Å². The lowest BCUT2D eigenvalue weighted by molar-refractivity contribution is 1.58. The molecule has 0 atom stereocenters. The van der Waals surface area contributed by atoms with Crippen molar-refractivity contribution in [3.05, 3.63) is 142 Å². The van der Waals surface area contributed by atoms with Crippen LogP contribution in [0.25, 0.3) is 48.6 Å². The predicted octanol–water partition coefficient (Wildman–Crippen LogP) is 8.68. The van der Waals surface area contributed by atoms with Crippen molar-refractivity contribution >= 4 is 48.6 Å². The Bertz CT molecular complexity index is 1050. The fraction of sp³-hybridized carbons (Fsp3) is 0. The Morgan fingerprint density at radius 1 is 0.188 bits per heavy atom. The molecule has 0 saturated heterocycles. The van der Waals surface area contributed by atoms with Gasteiger partial charge in [-0.15, -0.1) is 0 Å². The molecule has 32 heavy (non-hydrogen) atoms. The van der Waals surface area contributed by atoms with Gasteiger partial charge in [-0.1, -0.05) is 146 Å². The topological polar surface area (TPSA) is 0 Å². The monoisotopic (exact) mass is 408 g/mol. The average molecular weight is 409 g/mol. The third-order valence-electron chi connectivity index (χ3n) is 5.75. The lowest BCUT2D eigenvalue weighted by Crippen LogP contribution is -1.85. The third kappa shape index (κ3) is 4.45. The molecule has 0 heteroatoms. The maximum Gasteiger partial charge on any atom is -0.0184 e. The van der Waals surface area contributed by atoms with E-state index >= 15 is 0 Å². The fourth-order valence-corrected chi connectivity index (χ4v) is 3.98. The maximum absolute atomic E-state index is 2.21. The molecule has 5 rings (SSSR count). The molecule has 0 radical (unpaired) electrons. The zero-order chi connectivity index (χ0) is 21.6. The molecule has 0 bridgehead atoms. The standard InChI is InChI=1S/C32H24/c1-2-10-26-19-20-28-12-5-6-14-30(28)23-24-32-16-8-7-15-31(32)22-21-29-13-4-3-11-27(29)18-17-25(26)9-1/h1-24H/b18-17-,20-19-,22-21-,24-23-,25-17?,26-19?,27-18?,28-20?,29-21?,30-23?,31-22?,32-24?. The third-order valence-corrected chi connectivity index (χ3v) is 5.75. The molecule has 0 unspecified atom stereocenters. The van der Waals surface area contributed by atoms with Gasteiger partial charge in [0.15, 0.2) is 0 Å². The largest absolute Gasteiger partial charge is 0.0616 e. The Morgan fingerprint density at radius 3 is 0.438 bits per heavy atom. The van der Waals surface area contributed by atoms with E-state index in [0.717, 1.165) is 0 Å². The Morgan fingerprint density at radius 2 is 0.312 bits per heavy atom. The van der Waals surface area contributed by atoms with Gasteiger partial charge in [0.1, 0.15) is 0 Å². The highest BCUT2D eigenvalue weighted by atomic mass is 14.1. The molecular formula is C32H24. The number of rotatable bonds is 0. The van der Waals surface area contributed by atoms with Crippen LogP contribution < -0.4 is 0 Å². The summed E-state index contributed by atoms with van der Waals surface area (Å²) >= 11 is 0. The lowest BCUT2D eigenvalue weighted by atomic mass is 9.99. The van der Waals surface area contributed by atoms with E-state index in [9.17, 15) is 0 Å². The van der Waals surface area contributed by atoms with E-state index < -0.39 is 0 Å². The van der Waals surface area contributed by atoms with Crippen LogP contribution >= 0.6 is 0 Å². The fourth-order valence-electron chi connectivity index (χ4n) is 3.98. The van der Waals surface area contributed by atoms with E-state index in [-0.39, 0.29) is 0 Å². The molecule has 0 nitrogen and oxygen atoms in total. The average Bonchev–Trinajstić information content (AvgIpc) is 2.85. The van der Waals surface area contributed by atoms with Gasteiger partial charge in [0.25, 0.3) is 0 Å². The van der Waals surface area contributed by atoms with Gasteiger partial charge in [0, 0.05) is 0 Å². The van der Waals surface area contributed by atoms with Crippen LogP contribution in [0, 0.1) is 0 Å². The first kappa shape index (κ1) is 19.8. The summed E-state index contributed by atoms with van der Waals surface area (Å²) in [6, 6.07) is 34.1. The summed E-state index contributed by atoms with van der Waals surface area (Å²) in [5.74, 6) is 0. The van der Waals surface area contributed by atoms with Crippen LogP contribution in [0.2, 0.25) is 0 Å². The van der Waals surface area contributed by atoms with Crippen LogP contribution in [0.3, 0.4) is 0 Å². The van der Waals surface area contributed by atoms with Crippen LogP contribution in [-0.4, -0.2) is 0 Å². The van der Waals surface area contributed by atoms with Crippen LogP contribution in [0.4, 0.5) is 0 Å². The number of benzene rings is 4. The minimum atomic E-state index is 1.20. The van der Waals surface area contributed by atoms with Crippen LogP contribution in [0.15, 0.2) is 97.1 Å². The molecule has 0 fully saturated rings. The van der Waals surface area contributed by atoms with E-state index in [1.807, 2.05) is 0 Å². The molecule has 1 aliphatic rings. The molecule has 0 heterocycles. The van der Waals surface area contributed by atoms with E-state index in [1.54, 1.807) is 0 Å². The molecule has 4 aromatic carbocycles. The first-order valence-corrected chi connectivity index (χ1v) is 11.0. The summed E-state index contributed by atoms with van der Waals surface area (Å²) in [7, 11) is 0. The SMILES string of the molecule is C1=C\c2ccccc2/C=C\c2ccccc2/C=C\c2ccccc2/C=C\c2ccccc2/1. The van der Waals surface area contributed by atoms with Crippen molar-refractivity contribution in [1.82, 2.24) is 0 Å². The molecule has 0 spiro atoms. The van der Waals surface area contributed by atoms with Gasteiger partial charge in [0.2, 0.25) is 0 Å². The molecule has 0 aliphatic heterocycles. The van der Waals surface area contributed by atoms with Crippen molar-refractivity contribution in [2.24, 2.45) is 0 Å². The minimum absolute atomic E-state index is 1.20. The van der Waals surface area contributed by atoms with Gasteiger partial charge in [0.05, 0.1) is 0 Å². The Balaban J connectivity index is 1.69. The van der Waals surface area contributed by atoms with Gasteiger partial charge in [-0.25, -0.2) is 0 Å². The Hall–Kier alpha value is -4.16. The second kappa shape index (κ2) is 9.32. The van der Waals surface area contributed by atoms with Crippen LogP contribution in [0.1, 0.15) is 44.5 Å². The molecule has 0 amide bonds. The normalized spacial score (nSPS) is 16.5. The van der Waals surface area contributed by atoms with Crippen LogP contribution in [-0.2, 0) is 0 Å². The van der Waals surface area contributed by atoms with E-state index in [2.05, 4.69) is 146 Å². The van der Waals surface area contributed by atoms with Crippen LogP contribution in [0.5, 0.6) is 0 Å². The number of hydrogen-bond acceptors (Lipinski definition) is 0. The summed E-state index contributed by atoms with van der Waals surface area (Å²) in [4.78, 5) is 0. The summed E-state index contributed by atoms with van der Waals surface area (Å²) < 4.78 is 0. The predicted molar refractivity (Wildman–Crippen MR) is 141 cm³/mol. The molecular weight excluding hydrogens is 384 g/mol. The molecule has 1 aliphatic carbocycles. The lowest BCUT2D eigenvalue weighted by Gasteiger charge is -2.06. The second-order valence-corrected chi connectivity index (χ2v) is 7.85. The molecule has 0 N–H and O–H groups in total. The molecule has 4 aromatic rings. The van der Waals surface area contributed by atoms with Crippen molar-refractivity contribution in [3.63, 3.8) is 0 Å². The van der Waals surface area contributed by atoms with E-state index in [4.69, 9.17) is 0 Å². The molecule has 152 valence electrons. The smallest absolute Gasteiger partial charge is 0.0184 e. The maximum atomic E-state index is 2.21. The molecule has 0 saturated carbocycles. The highest BCUT2D eigenvalue weighted by Crippen LogP contribution is 2.23. The van der Waals surface area contributed by atoms with Gasteiger partial charge < -0.3 is 0 Å². The summed E-state index contributed by atoms with van der Waals surface area (Å²) in [6.45, 7) is 0. The summed E-state index contributed by atoms with van der Waals surface area (Å²) in [6.07, 6.45) is 17.7. The first-order chi connectivity index (χ1) is 15.9. The number of fused-ring (bicyclic) bond motifs is 4. The number of hydrogen-bond donors (Lipinski definition) is 0. The summed E-state index contributed by atoms with van der Waals surface area (Å²) in [5.41, 5.74) is 9.61. The zero-order valence-corrected chi connectivity index (χ0v) is 17.9. The van der Waals surface area contributed by atoms with E-state index in [1.165, 1.54) is 44.5 Å². The van der Waals surface area contributed by atoms with Gasteiger partial charge in [-0.2, -0.15) is 0 Å². The van der Waals surface area contributed by atoms with Crippen molar-refractivity contribution in [3.8, 4) is 0 Å². The highest BCUT2D eigenvalue weighted by Gasteiger charge is 2.01. The van der Waals surface area contributed by atoms with Crippen molar-refractivity contribution in [2.75, 3.05) is 0 Å². The first-order valence-electron chi connectivity index (χ1n) is 11.0. The highest BCUT2D eigenvalue weighted by molar-refractivity contribution is 5.87. The quantitative estimate of drug-likeness (QED) is 0.240. The molecule has 0 aromatic heterocycles. The van der Waals surface area contributed by atoms with Gasteiger partial charge >= 0.3 is 0 Å². The van der Waals surface area contributed by atoms with Crippen molar-refractivity contribution < 1.29 is 0 Å². The van der Waals surface area contributed by atoms with Gasteiger partial charge in [-0.3, -0.25) is 0 Å². The second-order valence-electron chi connectivity index (χ2n) is 7.85. The minimum Gasteiger partial charge on any atom is -0.0616 e. The van der Waals surface area contributed by atoms with Crippen molar-refractivity contribution in [1.29, 1.82) is 0 Å². The Kier molecular flexibility index (Phi) is 5.76. The van der Waals surface area contributed by atoms with Gasteiger partial charge in [-0.05, 0) is 44.5 Å². The van der Waals surface area contributed by atoms with E-state index in [0.29, 0.717) is 0 Å². The zero-order valence-electron chi connectivity index (χ0n) is 17.9. The summed E-state index contributed by atoms with van der Waals surface area (Å²) in [5, 5.41) is 0.